The number of phenols is 1. The maximum Gasteiger partial charge on any atom is 0.271 e. The summed E-state index contributed by atoms with van der Waals surface area (Å²) in [5, 5.41) is 25.2. The first kappa shape index (κ1) is 20.0. The first-order chi connectivity index (χ1) is 13.9. The van der Waals surface area contributed by atoms with E-state index in [0.29, 0.717) is 17.0 Å². The van der Waals surface area contributed by atoms with Crippen LogP contribution in [0.25, 0.3) is 0 Å². The smallest absolute Gasteiger partial charge is 0.271 e. The molecule has 0 aliphatic carbocycles. The number of rotatable bonds is 6. The first-order valence-corrected chi connectivity index (χ1v) is 8.95. The fourth-order valence-electron chi connectivity index (χ4n) is 2.64. The largest absolute Gasteiger partial charge is 0.507 e. The molecule has 1 amide bonds. The zero-order chi connectivity index (χ0) is 20.8. The highest BCUT2D eigenvalue weighted by Gasteiger charge is 2.09. The van der Waals surface area contributed by atoms with Crippen molar-refractivity contribution in [1.82, 2.24) is 5.43 Å². The quantitative estimate of drug-likeness (QED) is 0.359. The summed E-state index contributed by atoms with van der Waals surface area (Å²) >= 11 is 6.19. The third kappa shape index (κ3) is 5.18. The van der Waals surface area contributed by atoms with Gasteiger partial charge >= 0.3 is 0 Å². The molecule has 0 saturated carbocycles. The number of phenolic OH excluding ortho intramolecular Hbond substituents is 1. The van der Waals surface area contributed by atoms with Crippen LogP contribution < -0.4 is 5.43 Å². The van der Waals surface area contributed by atoms with Crippen molar-refractivity contribution >= 4 is 29.4 Å². The summed E-state index contributed by atoms with van der Waals surface area (Å²) in [7, 11) is 0. The minimum Gasteiger partial charge on any atom is -0.507 e. The van der Waals surface area contributed by atoms with Crippen LogP contribution in [0.5, 0.6) is 5.75 Å². The molecule has 7 nitrogen and oxygen atoms in total. The minimum atomic E-state index is -0.543. The molecular formula is C21H16ClN3O4. The van der Waals surface area contributed by atoms with Crippen molar-refractivity contribution in [3.63, 3.8) is 0 Å². The molecule has 29 heavy (non-hydrogen) atoms. The summed E-state index contributed by atoms with van der Waals surface area (Å²) in [6, 6.07) is 17.7. The SMILES string of the molecule is O=C(NN=Cc1cc(Cc2ccccc2Cl)ccc1O)c1ccc([N+](=O)[O-])cc1. The minimum absolute atomic E-state index is 0.0150. The zero-order valence-corrected chi connectivity index (χ0v) is 15.8. The van der Waals surface area contributed by atoms with Gasteiger partial charge in [0.05, 0.1) is 11.1 Å². The standard InChI is InChI=1S/C21H16ClN3O4/c22-19-4-2-1-3-16(19)11-14-5-10-20(26)17(12-14)13-23-24-21(27)15-6-8-18(9-7-15)25(28)29/h1-10,12-13,26H,11H2,(H,24,27). The van der Waals surface area contributed by atoms with E-state index in [1.807, 2.05) is 24.3 Å². The number of nitro groups is 1. The van der Waals surface area contributed by atoms with Crippen LogP contribution in [-0.4, -0.2) is 22.2 Å². The van der Waals surface area contributed by atoms with Crippen molar-refractivity contribution in [3.05, 3.63) is 104 Å². The molecule has 0 aromatic heterocycles. The van der Waals surface area contributed by atoms with Crippen molar-refractivity contribution in [2.75, 3.05) is 0 Å². The molecule has 0 spiro atoms. The molecule has 0 saturated heterocycles. The monoisotopic (exact) mass is 409 g/mol. The molecule has 0 fully saturated rings. The number of carbonyl (C=O) groups is 1. The number of nitrogens with zero attached hydrogens (tertiary/aromatic N) is 2. The molecule has 8 heteroatoms. The first-order valence-electron chi connectivity index (χ1n) is 8.57. The highest BCUT2D eigenvalue weighted by molar-refractivity contribution is 6.31. The number of halogens is 1. The van der Waals surface area contributed by atoms with Gasteiger partial charge in [-0.2, -0.15) is 5.10 Å². The lowest BCUT2D eigenvalue weighted by Gasteiger charge is -2.07. The number of benzene rings is 3. The van der Waals surface area contributed by atoms with E-state index in [4.69, 9.17) is 11.6 Å². The van der Waals surface area contributed by atoms with Gasteiger partial charge in [-0.1, -0.05) is 35.9 Å². The summed E-state index contributed by atoms with van der Waals surface area (Å²) in [5.74, 6) is -0.510. The summed E-state index contributed by atoms with van der Waals surface area (Å²) in [5.41, 5.74) is 4.75. The maximum absolute atomic E-state index is 12.1. The Morgan fingerprint density at radius 2 is 1.86 bits per heavy atom. The second kappa shape index (κ2) is 8.99. The van der Waals surface area contributed by atoms with Crippen LogP contribution in [-0.2, 0) is 6.42 Å². The normalized spacial score (nSPS) is 10.8. The van der Waals surface area contributed by atoms with E-state index in [2.05, 4.69) is 10.5 Å². The molecule has 0 aliphatic rings. The van der Waals surface area contributed by atoms with Gasteiger partial charge < -0.3 is 5.11 Å². The number of hydrazone groups is 1. The van der Waals surface area contributed by atoms with Crippen LogP contribution >= 0.6 is 11.6 Å². The number of hydrogen-bond donors (Lipinski definition) is 2. The number of carbonyl (C=O) groups excluding carboxylic acids is 1. The van der Waals surface area contributed by atoms with E-state index in [9.17, 15) is 20.0 Å². The molecule has 0 bridgehead atoms. The Bertz CT molecular complexity index is 1080. The zero-order valence-electron chi connectivity index (χ0n) is 15.1. The third-order valence-corrected chi connectivity index (χ3v) is 4.52. The van der Waals surface area contributed by atoms with Gasteiger partial charge in [-0.3, -0.25) is 14.9 Å². The van der Waals surface area contributed by atoms with Gasteiger partial charge in [0.25, 0.3) is 11.6 Å². The van der Waals surface area contributed by atoms with Gasteiger partial charge in [0.2, 0.25) is 0 Å². The molecule has 3 rings (SSSR count). The van der Waals surface area contributed by atoms with Crippen molar-refractivity contribution in [3.8, 4) is 5.75 Å². The maximum atomic E-state index is 12.1. The van der Waals surface area contributed by atoms with Crippen LogP contribution in [0.3, 0.4) is 0 Å². The van der Waals surface area contributed by atoms with Gasteiger partial charge in [-0.15, -0.1) is 0 Å². The predicted molar refractivity (Wildman–Crippen MR) is 111 cm³/mol. The number of amides is 1. The Labute approximate surface area is 171 Å². The van der Waals surface area contributed by atoms with Gasteiger partial charge in [0, 0.05) is 28.3 Å². The van der Waals surface area contributed by atoms with E-state index in [-0.39, 0.29) is 17.0 Å². The molecule has 0 atom stereocenters. The van der Waals surface area contributed by atoms with Crippen molar-refractivity contribution in [2.45, 2.75) is 6.42 Å². The van der Waals surface area contributed by atoms with Gasteiger partial charge in [0.1, 0.15) is 5.75 Å². The van der Waals surface area contributed by atoms with E-state index < -0.39 is 10.8 Å². The Kier molecular flexibility index (Phi) is 6.21. The lowest BCUT2D eigenvalue weighted by molar-refractivity contribution is -0.384. The average molecular weight is 410 g/mol. The Morgan fingerprint density at radius 3 is 2.55 bits per heavy atom. The molecular weight excluding hydrogens is 394 g/mol. The number of aromatic hydroxyl groups is 1. The van der Waals surface area contributed by atoms with Crippen LogP contribution in [0.4, 0.5) is 5.69 Å². The van der Waals surface area contributed by atoms with Crippen molar-refractivity contribution < 1.29 is 14.8 Å². The molecule has 3 aromatic carbocycles. The molecule has 3 aromatic rings. The van der Waals surface area contributed by atoms with Crippen LogP contribution in [0, 0.1) is 10.1 Å². The van der Waals surface area contributed by atoms with Crippen molar-refractivity contribution in [2.24, 2.45) is 5.10 Å². The summed E-state index contributed by atoms with van der Waals surface area (Å²) < 4.78 is 0. The Morgan fingerprint density at radius 1 is 1.14 bits per heavy atom. The molecule has 0 heterocycles. The van der Waals surface area contributed by atoms with Gasteiger partial charge in [-0.05, 0) is 47.9 Å². The van der Waals surface area contributed by atoms with Gasteiger partial charge in [0.15, 0.2) is 0 Å². The summed E-state index contributed by atoms with van der Waals surface area (Å²) in [6.07, 6.45) is 1.91. The lowest BCUT2D eigenvalue weighted by atomic mass is 10.0. The Hall–Kier alpha value is -3.71. The molecule has 0 unspecified atom stereocenters. The number of non-ortho nitro benzene ring substituents is 1. The molecule has 0 radical (unpaired) electrons. The summed E-state index contributed by atoms with van der Waals surface area (Å²) in [6.45, 7) is 0. The van der Waals surface area contributed by atoms with Crippen LogP contribution in [0.1, 0.15) is 27.0 Å². The average Bonchev–Trinajstić information content (AvgIpc) is 2.72. The molecule has 2 N–H and O–H groups in total. The van der Waals surface area contributed by atoms with Gasteiger partial charge in [-0.25, -0.2) is 5.43 Å². The van der Waals surface area contributed by atoms with E-state index in [1.165, 1.54) is 30.5 Å². The third-order valence-electron chi connectivity index (χ3n) is 4.15. The second-order valence-electron chi connectivity index (χ2n) is 6.16. The lowest BCUT2D eigenvalue weighted by Crippen LogP contribution is -2.17. The number of hydrogen-bond acceptors (Lipinski definition) is 5. The number of nitrogens with one attached hydrogen (secondary N) is 1. The van der Waals surface area contributed by atoms with E-state index >= 15 is 0 Å². The fourth-order valence-corrected chi connectivity index (χ4v) is 2.84. The second-order valence-corrected chi connectivity index (χ2v) is 6.57. The molecule has 146 valence electrons. The highest BCUT2D eigenvalue weighted by Crippen LogP contribution is 2.22. The van der Waals surface area contributed by atoms with E-state index in [0.717, 1.165) is 11.1 Å². The number of nitro benzene ring substituents is 1. The van der Waals surface area contributed by atoms with E-state index in [1.54, 1.807) is 18.2 Å². The van der Waals surface area contributed by atoms with Crippen molar-refractivity contribution in [1.29, 1.82) is 0 Å². The highest BCUT2D eigenvalue weighted by atomic mass is 35.5. The fraction of sp³-hybridized carbons (Fsp3) is 0.0476. The van der Waals surface area contributed by atoms with Crippen LogP contribution in [0.15, 0.2) is 71.8 Å². The van der Waals surface area contributed by atoms with Crippen LogP contribution in [0.2, 0.25) is 5.02 Å². The summed E-state index contributed by atoms with van der Waals surface area (Å²) in [4.78, 5) is 22.2. The predicted octanol–water partition coefficient (Wildman–Crippen LogP) is 4.31. The molecule has 0 aliphatic heterocycles. The topological polar surface area (TPSA) is 105 Å². The Balaban J connectivity index is 1.69.